The fraction of sp³-hybridized carbons (Fsp3) is 0.214. The number of rotatable bonds is 6. The van der Waals surface area contributed by atoms with E-state index < -0.39 is 17.9 Å². The van der Waals surface area contributed by atoms with Gasteiger partial charge in [0.15, 0.2) is 4.80 Å². The van der Waals surface area contributed by atoms with E-state index in [0.717, 1.165) is 22.0 Å². The monoisotopic (exact) mass is 514 g/mol. The third-order valence-electron chi connectivity index (χ3n) is 6.13. The van der Waals surface area contributed by atoms with E-state index in [1.165, 1.54) is 11.3 Å². The van der Waals surface area contributed by atoms with Gasteiger partial charge in [0.25, 0.3) is 5.56 Å². The van der Waals surface area contributed by atoms with Crippen LogP contribution in [0.15, 0.2) is 81.9 Å². The highest BCUT2D eigenvalue weighted by Gasteiger charge is 2.33. The summed E-state index contributed by atoms with van der Waals surface area (Å²) in [5, 5.41) is 0.895. The number of carbonyl (C=O) groups excluding carboxylic acids is 2. The van der Waals surface area contributed by atoms with Gasteiger partial charge in [-0.3, -0.25) is 14.2 Å². The van der Waals surface area contributed by atoms with Crippen molar-refractivity contribution >= 4 is 40.2 Å². The van der Waals surface area contributed by atoms with Gasteiger partial charge in [0, 0.05) is 22.7 Å². The molecule has 8 nitrogen and oxygen atoms in total. The molecule has 2 aromatic heterocycles. The van der Waals surface area contributed by atoms with Gasteiger partial charge in [-0.25, -0.2) is 9.79 Å². The second-order valence-corrected chi connectivity index (χ2v) is 10.2. The second kappa shape index (κ2) is 9.67. The molecule has 1 atom stereocenters. The van der Waals surface area contributed by atoms with E-state index in [-0.39, 0.29) is 18.2 Å². The normalized spacial score (nSPS) is 15.7. The Hall–Kier alpha value is -4.24. The van der Waals surface area contributed by atoms with Crippen molar-refractivity contribution in [3.05, 3.63) is 103 Å². The molecule has 0 saturated heterocycles. The molecule has 1 aliphatic heterocycles. The number of carbonyl (C=O) groups is 2. The zero-order chi connectivity index (χ0) is 26.3. The number of hydrogen-bond acceptors (Lipinski definition) is 6. The van der Waals surface area contributed by atoms with Crippen molar-refractivity contribution in [3.63, 3.8) is 0 Å². The van der Waals surface area contributed by atoms with Crippen molar-refractivity contribution in [3.8, 4) is 0 Å². The van der Waals surface area contributed by atoms with Crippen LogP contribution in [0, 0.1) is 0 Å². The van der Waals surface area contributed by atoms with E-state index in [1.54, 1.807) is 36.0 Å². The first-order valence-corrected chi connectivity index (χ1v) is 12.7. The van der Waals surface area contributed by atoms with E-state index in [2.05, 4.69) is 4.99 Å². The van der Waals surface area contributed by atoms with Crippen molar-refractivity contribution in [2.24, 2.45) is 10.7 Å². The van der Waals surface area contributed by atoms with Crippen LogP contribution in [0.1, 0.15) is 37.9 Å². The maximum atomic E-state index is 13.8. The number of primary amides is 1. The predicted molar refractivity (Wildman–Crippen MR) is 143 cm³/mol. The largest absolute Gasteiger partial charge is 0.459 e. The van der Waals surface area contributed by atoms with E-state index in [9.17, 15) is 14.4 Å². The minimum Gasteiger partial charge on any atom is -0.459 e. The molecule has 0 radical (unpaired) electrons. The molecule has 0 saturated carbocycles. The van der Waals surface area contributed by atoms with Crippen LogP contribution in [0.25, 0.3) is 17.0 Å². The maximum Gasteiger partial charge on any atom is 0.338 e. The first-order valence-electron chi connectivity index (χ1n) is 11.9. The Bertz CT molecular complexity index is 1740. The number of nitrogens with zero attached hydrogens (tertiary/aromatic N) is 3. The summed E-state index contributed by atoms with van der Waals surface area (Å²) in [5.74, 6) is -0.945. The molecule has 1 unspecified atom stereocenters. The van der Waals surface area contributed by atoms with Crippen LogP contribution >= 0.6 is 11.3 Å². The van der Waals surface area contributed by atoms with Crippen molar-refractivity contribution in [2.75, 3.05) is 0 Å². The molecular formula is C28H26N4O4S. The molecular weight excluding hydrogens is 488 g/mol. The summed E-state index contributed by atoms with van der Waals surface area (Å²) in [6.45, 7) is 5.37. The van der Waals surface area contributed by atoms with Gasteiger partial charge in [0.2, 0.25) is 5.91 Å². The average molecular weight is 515 g/mol. The number of hydrogen-bond donors (Lipinski definition) is 1. The molecule has 37 heavy (non-hydrogen) atoms. The number of esters is 1. The maximum absolute atomic E-state index is 13.8. The number of amides is 1. The van der Waals surface area contributed by atoms with E-state index >= 15 is 0 Å². The van der Waals surface area contributed by atoms with Crippen LogP contribution in [0.2, 0.25) is 0 Å². The van der Waals surface area contributed by atoms with Crippen molar-refractivity contribution < 1.29 is 14.3 Å². The molecule has 5 rings (SSSR count). The lowest BCUT2D eigenvalue weighted by Crippen LogP contribution is -2.40. The number of para-hydroxylation sites is 1. The third kappa shape index (κ3) is 4.53. The minimum atomic E-state index is -0.665. The Kier molecular flexibility index (Phi) is 6.39. The van der Waals surface area contributed by atoms with Crippen LogP contribution in [-0.4, -0.2) is 27.1 Å². The van der Waals surface area contributed by atoms with Gasteiger partial charge in [-0.15, -0.1) is 0 Å². The Morgan fingerprint density at radius 3 is 2.54 bits per heavy atom. The van der Waals surface area contributed by atoms with Crippen LogP contribution < -0.4 is 20.6 Å². The van der Waals surface area contributed by atoms with Crippen LogP contribution in [-0.2, 0) is 20.9 Å². The Morgan fingerprint density at radius 2 is 1.84 bits per heavy atom. The van der Waals surface area contributed by atoms with E-state index in [1.807, 2.05) is 60.8 Å². The van der Waals surface area contributed by atoms with Crippen LogP contribution in [0.3, 0.4) is 0 Å². The smallest absolute Gasteiger partial charge is 0.338 e. The number of aromatic nitrogens is 2. The van der Waals surface area contributed by atoms with E-state index in [0.29, 0.717) is 20.6 Å². The lowest BCUT2D eigenvalue weighted by molar-refractivity contribution is -0.143. The summed E-state index contributed by atoms with van der Waals surface area (Å²) in [5.41, 5.74) is 8.47. The first kappa shape index (κ1) is 24.5. The average Bonchev–Trinajstić information content (AvgIpc) is 3.35. The summed E-state index contributed by atoms with van der Waals surface area (Å²) < 4.78 is 9.34. The molecule has 1 amide bonds. The lowest BCUT2D eigenvalue weighted by atomic mass is 9.96. The minimum absolute atomic E-state index is 0.0319. The summed E-state index contributed by atoms with van der Waals surface area (Å²) in [4.78, 5) is 43.7. The Morgan fingerprint density at radius 1 is 1.14 bits per heavy atom. The first-order chi connectivity index (χ1) is 17.7. The Balaban J connectivity index is 1.72. The van der Waals surface area contributed by atoms with Crippen LogP contribution in [0.4, 0.5) is 0 Å². The zero-order valence-electron chi connectivity index (χ0n) is 20.7. The van der Waals surface area contributed by atoms with Gasteiger partial charge in [-0.2, -0.15) is 0 Å². The van der Waals surface area contributed by atoms with Crippen molar-refractivity contribution in [1.29, 1.82) is 0 Å². The van der Waals surface area contributed by atoms with Gasteiger partial charge < -0.3 is 15.0 Å². The van der Waals surface area contributed by atoms with Gasteiger partial charge in [0.1, 0.15) is 6.54 Å². The molecule has 0 spiro atoms. The molecule has 188 valence electrons. The Labute approximate surface area is 216 Å². The molecule has 3 heterocycles. The van der Waals surface area contributed by atoms with E-state index in [4.69, 9.17) is 10.5 Å². The standard InChI is InChI=1S/C28H26N4O4S/c1-16(2)36-27(35)24-17(3)30-28-32(25(24)18-9-5-4-6-10-18)26(34)22(37-28)13-19-14-31(15-23(29)33)21-12-8-7-11-20(19)21/h4-14,16,25H,15H2,1-3H3,(H2,29,33). The summed E-state index contributed by atoms with van der Waals surface area (Å²) in [7, 11) is 0. The van der Waals surface area contributed by atoms with Gasteiger partial charge in [-0.1, -0.05) is 59.9 Å². The molecule has 0 aliphatic carbocycles. The molecule has 2 aromatic carbocycles. The molecule has 9 heteroatoms. The number of fused-ring (bicyclic) bond motifs is 2. The molecule has 4 aromatic rings. The fourth-order valence-corrected chi connectivity index (χ4v) is 5.68. The zero-order valence-corrected chi connectivity index (χ0v) is 21.5. The molecule has 0 bridgehead atoms. The topological polar surface area (TPSA) is 109 Å². The second-order valence-electron chi connectivity index (χ2n) is 9.14. The van der Waals surface area contributed by atoms with Crippen molar-refractivity contribution in [2.45, 2.75) is 39.5 Å². The number of nitrogens with two attached hydrogens (primary N) is 1. The highest BCUT2D eigenvalue weighted by molar-refractivity contribution is 7.07. The number of benzene rings is 2. The lowest BCUT2D eigenvalue weighted by Gasteiger charge is -2.25. The third-order valence-corrected chi connectivity index (χ3v) is 7.11. The number of thiazole rings is 1. The van der Waals surface area contributed by atoms with Gasteiger partial charge >= 0.3 is 5.97 Å². The summed E-state index contributed by atoms with van der Waals surface area (Å²) in [6.07, 6.45) is 3.31. The SMILES string of the molecule is CC1=C(C(=O)OC(C)C)C(c2ccccc2)n2c(sc(=Cc3cn(CC(N)=O)c4ccccc34)c2=O)=N1. The van der Waals surface area contributed by atoms with Gasteiger partial charge in [0.05, 0.1) is 27.9 Å². The quantitative estimate of drug-likeness (QED) is 0.399. The number of ether oxygens (including phenoxy) is 1. The molecule has 2 N–H and O–H groups in total. The fourth-order valence-electron chi connectivity index (χ4n) is 4.64. The molecule has 0 fully saturated rings. The summed E-state index contributed by atoms with van der Waals surface area (Å²) >= 11 is 1.26. The summed E-state index contributed by atoms with van der Waals surface area (Å²) in [6, 6.07) is 16.4. The predicted octanol–water partition coefficient (Wildman–Crippen LogP) is 2.63. The molecule has 1 aliphatic rings. The van der Waals surface area contributed by atoms with Gasteiger partial charge in [-0.05, 0) is 38.5 Å². The van der Waals surface area contributed by atoms with Crippen molar-refractivity contribution in [1.82, 2.24) is 9.13 Å². The van der Waals surface area contributed by atoms with Crippen LogP contribution in [0.5, 0.6) is 0 Å². The number of allylic oxidation sites excluding steroid dienone is 1. The highest BCUT2D eigenvalue weighted by Crippen LogP contribution is 2.31. The highest BCUT2D eigenvalue weighted by atomic mass is 32.1.